The molecule has 0 bridgehead atoms. The molecule has 8 heteroatoms. The van der Waals surface area contributed by atoms with Crippen LogP contribution in [0.3, 0.4) is 0 Å². The molecule has 0 radical (unpaired) electrons. The lowest BCUT2D eigenvalue weighted by Crippen LogP contribution is -2.41. The molecule has 140 valence electrons. The third-order valence-electron chi connectivity index (χ3n) is 4.27. The van der Waals surface area contributed by atoms with Gasteiger partial charge >= 0.3 is 0 Å². The fourth-order valence-electron chi connectivity index (χ4n) is 3.08. The van der Waals surface area contributed by atoms with Gasteiger partial charge in [0, 0.05) is 20.1 Å². The van der Waals surface area contributed by atoms with Crippen LogP contribution >= 0.6 is 0 Å². The minimum absolute atomic E-state index is 0.0632. The van der Waals surface area contributed by atoms with Crippen LogP contribution in [0.5, 0.6) is 5.75 Å². The zero-order valence-electron chi connectivity index (χ0n) is 15.4. The van der Waals surface area contributed by atoms with Crippen LogP contribution in [0.1, 0.15) is 43.0 Å². The van der Waals surface area contributed by atoms with Crippen molar-refractivity contribution in [1.82, 2.24) is 25.4 Å². The van der Waals surface area contributed by atoms with E-state index < -0.39 is 0 Å². The van der Waals surface area contributed by atoms with Crippen molar-refractivity contribution in [3.8, 4) is 5.75 Å². The molecule has 1 aromatic heterocycles. The van der Waals surface area contributed by atoms with Crippen molar-refractivity contribution in [2.24, 2.45) is 4.99 Å². The molecule has 0 saturated heterocycles. The van der Waals surface area contributed by atoms with Crippen LogP contribution < -0.4 is 15.4 Å². The van der Waals surface area contributed by atoms with Gasteiger partial charge in [0.2, 0.25) is 0 Å². The van der Waals surface area contributed by atoms with E-state index in [2.05, 4.69) is 25.7 Å². The highest BCUT2D eigenvalue weighted by molar-refractivity contribution is 5.80. The van der Waals surface area contributed by atoms with Crippen molar-refractivity contribution in [3.63, 3.8) is 0 Å². The van der Waals surface area contributed by atoms with E-state index in [9.17, 15) is 4.39 Å². The number of aliphatic imine (C=N–C) groups is 1. The standard InChI is InChI=1S/C18H25FN6O/c1-4-26-16-8-7-13(10-14(16)19)11-21-18(20-3)23-15-6-5-9-25-17(15)22-12(2)24-25/h7-8,10,15H,4-6,9,11H2,1-3H3,(H2,20,21,23). The van der Waals surface area contributed by atoms with Gasteiger partial charge < -0.3 is 15.4 Å². The minimum Gasteiger partial charge on any atom is -0.491 e. The third kappa shape index (κ3) is 4.12. The Labute approximate surface area is 152 Å². The normalized spacial score (nSPS) is 16.9. The van der Waals surface area contributed by atoms with Crippen molar-refractivity contribution in [1.29, 1.82) is 0 Å². The van der Waals surface area contributed by atoms with Gasteiger partial charge in [-0.05, 0) is 44.4 Å². The summed E-state index contributed by atoms with van der Waals surface area (Å²) in [5.74, 6) is 2.28. The number of aryl methyl sites for hydroxylation is 2. The highest BCUT2D eigenvalue weighted by Crippen LogP contribution is 2.23. The second kappa shape index (κ2) is 8.16. The molecule has 26 heavy (non-hydrogen) atoms. The lowest BCUT2D eigenvalue weighted by molar-refractivity contribution is 0.321. The molecule has 7 nitrogen and oxygen atoms in total. The van der Waals surface area contributed by atoms with E-state index in [-0.39, 0.29) is 17.6 Å². The Bertz CT molecular complexity index is 788. The number of hydrogen-bond acceptors (Lipinski definition) is 4. The molecule has 0 aliphatic carbocycles. The number of benzene rings is 1. The van der Waals surface area contributed by atoms with Crippen LogP contribution in [0, 0.1) is 12.7 Å². The van der Waals surface area contributed by atoms with E-state index in [0.717, 1.165) is 36.6 Å². The van der Waals surface area contributed by atoms with Crippen LogP contribution in [0.4, 0.5) is 4.39 Å². The Morgan fingerprint density at radius 2 is 2.31 bits per heavy atom. The third-order valence-corrected chi connectivity index (χ3v) is 4.27. The summed E-state index contributed by atoms with van der Waals surface area (Å²) in [5, 5.41) is 11.0. The highest BCUT2D eigenvalue weighted by Gasteiger charge is 2.24. The number of rotatable bonds is 5. The van der Waals surface area contributed by atoms with Gasteiger partial charge in [-0.3, -0.25) is 4.99 Å². The summed E-state index contributed by atoms with van der Waals surface area (Å²) in [5.41, 5.74) is 0.816. The monoisotopic (exact) mass is 360 g/mol. The maximum atomic E-state index is 14.0. The van der Waals surface area contributed by atoms with Gasteiger partial charge in [-0.15, -0.1) is 0 Å². The fourth-order valence-corrected chi connectivity index (χ4v) is 3.08. The van der Waals surface area contributed by atoms with E-state index in [1.807, 2.05) is 24.6 Å². The van der Waals surface area contributed by atoms with E-state index >= 15 is 0 Å². The molecule has 0 fully saturated rings. The summed E-state index contributed by atoms with van der Waals surface area (Å²) < 4.78 is 21.1. The molecule has 1 unspecified atom stereocenters. The zero-order valence-corrected chi connectivity index (χ0v) is 15.4. The van der Waals surface area contributed by atoms with E-state index in [1.165, 1.54) is 6.07 Å². The Morgan fingerprint density at radius 3 is 3.04 bits per heavy atom. The average molecular weight is 360 g/mol. The molecule has 0 amide bonds. The minimum atomic E-state index is -0.357. The molecule has 1 aliphatic rings. The smallest absolute Gasteiger partial charge is 0.191 e. The second-order valence-electron chi connectivity index (χ2n) is 6.20. The van der Waals surface area contributed by atoms with Gasteiger partial charge in [-0.25, -0.2) is 14.1 Å². The molecule has 0 saturated carbocycles. The first kappa shape index (κ1) is 18.2. The predicted octanol–water partition coefficient (Wildman–Crippen LogP) is 2.32. The van der Waals surface area contributed by atoms with E-state index in [4.69, 9.17) is 4.74 Å². The molecular weight excluding hydrogens is 335 g/mol. The Hall–Kier alpha value is -2.64. The summed E-state index contributed by atoms with van der Waals surface area (Å²) in [7, 11) is 1.72. The van der Waals surface area contributed by atoms with E-state index in [0.29, 0.717) is 19.1 Å². The first-order chi connectivity index (χ1) is 12.6. The summed E-state index contributed by atoms with van der Waals surface area (Å²) in [6.45, 7) is 5.53. The number of hydrogen-bond donors (Lipinski definition) is 2. The summed E-state index contributed by atoms with van der Waals surface area (Å²) in [6, 6.07) is 5.03. The zero-order chi connectivity index (χ0) is 18.5. The number of fused-ring (bicyclic) bond motifs is 1. The van der Waals surface area contributed by atoms with E-state index in [1.54, 1.807) is 13.1 Å². The fraction of sp³-hybridized carbons (Fsp3) is 0.500. The van der Waals surface area contributed by atoms with Crippen LogP contribution in [0.25, 0.3) is 0 Å². The Morgan fingerprint density at radius 1 is 1.46 bits per heavy atom. The lowest BCUT2D eigenvalue weighted by atomic mass is 10.1. The van der Waals surface area contributed by atoms with Gasteiger partial charge in [-0.1, -0.05) is 6.07 Å². The number of aromatic nitrogens is 3. The largest absolute Gasteiger partial charge is 0.491 e. The summed E-state index contributed by atoms with van der Waals surface area (Å²) >= 11 is 0. The first-order valence-corrected chi connectivity index (χ1v) is 8.90. The lowest BCUT2D eigenvalue weighted by Gasteiger charge is -2.25. The first-order valence-electron chi connectivity index (χ1n) is 8.90. The molecule has 2 heterocycles. The van der Waals surface area contributed by atoms with Crippen molar-refractivity contribution in [2.45, 2.75) is 45.8 Å². The van der Waals surface area contributed by atoms with Gasteiger partial charge in [0.25, 0.3) is 0 Å². The Kier molecular flexibility index (Phi) is 5.70. The highest BCUT2D eigenvalue weighted by atomic mass is 19.1. The molecule has 2 N–H and O–H groups in total. The second-order valence-corrected chi connectivity index (χ2v) is 6.20. The van der Waals surface area contributed by atoms with Crippen molar-refractivity contribution in [2.75, 3.05) is 13.7 Å². The molecular formula is C18H25FN6O. The quantitative estimate of drug-likeness (QED) is 0.632. The molecule has 1 aromatic carbocycles. The molecule has 3 rings (SSSR count). The maximum absolute atomic E-state index is 14.0. The van der Waals surface area contributed by atoms with Gasteiger partial charge in [0.1, 0.15) is 11.6 Å². The molecule has 0 spiro atoms. The predicted molar refractivity (Wildman–Crippen MR) is 97.6 cm³/mol. The van der Waals surface area contributed by atoms with Crippen molar-refractivity contribution in [3.05, 3.63) is 41.2 Å². The van der Waals surface area contributed by atoms with Crippen LogP contribution in [0.15, 0.2) is 23.2 Å². The van der Waals surface area contributed by atoms with Crippen LogP contribution in [-0.4, -0.2) is 34.4 Å². The number of nitrogens with one attached hydrogen (secondary N) is 2. The number of ether oxygens (including phenoxy) is 1. The van der Waals surface area contributed by atoms with Crippen molar-refractivity contribution < 1.29 is 9.13 Å². The van der Waals surface area contributed by atoms with Crippen LogP contribution in [-0.2, 0) is 13.1 Å². The van der Waals surface area contributed by atoms with Gasteiger partial charge in [0.05, 0.1) is 12.6 Å². The molecule has 1 atom stereocenters. The maximum Gasteiger partial charge on any atom is 0.191 e. The Balaban J connectivity index is 1.62. The average Bonchev–Trinajstić information content (AvgIpc) is 3.02. The number of halogens is 1. The SMILES string of the molecule is CCOc1ccc(CNC(=NC)NC2CCCn3nc(C)nc32)cc1F. The summed E-state index contributed by atoms with van der Waals surface area (Å²) in [6.07, 6.45) is 2.01. The van der Waals surface area contributed by atoms with Gasteiger partial charge in [-0.2, -0.15) is 5.10 Å². The molecule has 2 aromatic rings. The van der Waals surface area contributed by atoms with Gasteiger partial charge in [0.15, 0.2) is 17.5 Å². The number of nitrogens with zero attached hydrogens (tertiary/aromatic N) is 4. The van der Waals surface area contributed by atoms with Crippen LogP contribution in [0.2, 0.25) is 0 Å². The number of guanidine groups is 1. The van der Waals surface area contributed by atoms with Crippen molar-refractivity contribution >= 4 is 5.96 Å². The summed E-state index contributed by atoms with van der Waals surface area (Å²) in [4.78, 5) is 8.79. The molecule has 1 aliphatic heterocycles. The topological polar surface area (TPSA) is 76.4 Å².